The molecule has 0 atom stereocenters. The summed E-state index contributed by atoms with van der Waals surface area (Å²) in [5.41, 5.74) is 0.849. The van der Waals surface area contributed by atoms with Crippen molar-refractivity contribution in [2.45, 2.75) is 6.92 Å². The minimum absolute atomic E-state index is 0.0191. The van der Waals surface area contributed by atoms with Crippen LogP contribution in [0.2, 0.25) is 5.02 Å². The zero-order valence-corrected chi connectivity index (χ0v) is 9.25. The largest absolute Gasteiger partial charge is 0.466 e. The molecule has 0 aliphatic carbocycles. The van der Waals surface area contributed by atoms with Crippen molar-refractivity contribution in [3.8, 4) is 0 Å². The molecule has 1 aromatic rings. The van der Waals surface area contributed by atoms with Gasteiger partial charge in [-0.15, -0.1) is 0 Å². The Morgan fingerprint density at radius 1 is 1.56 bits per heavy atom. The lowest BCUT2D eigenvalue weighted by Gasteiger charge is -2.10. The molecule has 0 radical (unpaired) electrons. The van der Waals surface area contributed by atoms with E-state index < -0.39 is 5.78 Å². The molecule has 0 unspecified atom stereocenters. The van der Waals surface area contributed by atoms with Gasteiger partial charge in [0.25, 0.3) is 5.78 Å². The molecule has 0 saturated carbocycles. The molecule has 0 fully saturated rings. The van der Waals surface area contributed by atoms with Crippen molar-refractivity contribution in [3.63, 3.8) is 0 Å². The smallest absolute Gasteiger partial charge is 0.260 e. The van der Waals surface area contributed by atoms with Gasteiger partial charge in [0.2, 0.25) is 0 Å². The van der Waals surface area contributed by atoms with E-state index in [-0.39, 0.29) is 18.8 Å². The molecule has 1 aromatic carbocycles. The molecular weight excluding hydrogens is 230 g/mol. The second-order valence-electron chi connectivity index (χ2n) is 3.36. The summed E-state index contributed by atoms with van der Waals surface area (Å²) in [5, 5.41) is 1.61. The van der Waals surface area contributed by atoms with Crippen LogP contribution in [-0.2, 0) is 14.3 Å². The van der Waals surface area contributed by atoms with Gasteiger partial charge in [-0.1, -0.05) is 11.6 Å². The minimum Gasteiger partial charge on any atom is -0.466 e. The third-order valence-electron chi connectivity index (χ3n) is 2.27. The predicted molar refractivity (Wildman–Crippen MR) is 57.4 cm³/mol. The number of halogens is 1. The molecule has 5 heteroatoms. The van der Waals surface area contributed by atoms with Crippen LogP contribution in [0.3, 0.4) is 0 Å². The molecule has 82 valence electrons. The van der Waals surface area contributed by atoms with Crippen LogP contribution >= 0.6 is 11.6 Å². The van der Waals surface area contributed by atoms with E-state index in [0.29, 0.717) is 15.6 Å². The summed E-state index contributed by atoms with van der Waals surface area (Å²) >= 11 is 5.88. The van der Waals surface area contributed by atoms with Crippen molar-refractivity contribution in [1.29, 1.82) is 0 Å². The molecule has 1 aliphatic heterocycles. The van der Waals surface area contributed by atoms with E-state index in [1.807, 2.05) is 6.92 Å². The van der Waals surface area contributed by atoms with E-state index in [2.05, 4.69) is 4.99 Å². The average Bonchev–Trinajstić information content (AvgIpc) is 2.27. The van der Waals surface area contributed by atoms with E-state index in [4.69, 9.17) is 16.3 Å². The summed E-state index contributed by atoms with van der Waals surface area (Å²) in [5.74, 6) is -0.677. The number of hydrogen-bond donors (Lipinski definition) is 0. The fourth-order valence-electron chi connectivity index (χ4n) is 1.61. The number of aryl methyl sites for hydroxylation is 1. The number of nitrogens with zero attached hydrogens (tertiary/aromatic N) is 1. The Hall–Kier alpha value is -1.68. The number of carbonyl (C=O) groups is 2. The standard InChI is InChI=1S/C11H8ClNO3/c1-6-2-7(12)3-8-10(6)13-5-16-11(8)9(15)4-14/h2-4H,5H2,1H3. The summed E-state index contributed by atoms with van der Waals surface area (Å²) in [6.45, 7) is 1.88. The first-order valence-electron chi connectivity index (χ1n) is 4.60. The van der Waals surface area contributed by atoms with E-state index >= 15 is 0 Å². The Morgan fingerprint density at radius 3 is 3.00 bits per heavy atom. The van der Waals surface area contributed by atoms with Gasteiger partial charge in [0, 0.05) is 10.2 Å². The summed E-state index contributed by atoms with van der Waals surface area (Å²) in [4.78, 5) is 25.9. The normalized spacial score (nSPS) is 13.5. The van der Waals surface area contributed by atoms with Gasteiger partial charge in [-0.05, 0) is 24.6 Å². The van der Waals surface area contributed by atoms with Crippen LogP contribution in [0.4, 0.5) is 0 Å². The van der Waals surface area contributed by atoms with Crippen molar-refractivity contribution in [1.82, 2.24) is 0 Å². The van der Waals surface area contributed by atoms with Crippen LogP contribution in [0, 0.1) is 6.92 Å². The zero-order valence-electron chi connectivity index (χ0n) is 8.49. The Kier molecular flexibility index (Phi) is 2.75. The third-order valence-corrected chi connectivity index (χ3v) is 2.49. The van der Waals surface area contributed by atoms with Crippen molar-refractivity contribution >= 4 is 29.4 Å². The van der Waals surface area contributed by atoms with E-state index in [1.54, 1.807) is 12.1 Å². The monoisotopic (exact) mass is 237 g/mol. The predicted octanol–water partition coefficient (Wildman–Crippen LogP) is 0.132. The van der Waals surface area contributed by atoms with Gasteiger partial charge in [0.1, 0.15) is 0 Å². The molecule has 1 aliphatic rings. The van der Waals surface area contributed by atoms with E-state index in [1.165, 1.54) is 0 Å². The minimum atomic E-state index is -0.696. The second-order valence-corrected chi connectivity index (χ2v) is 3.80. The molecule has 0 spiro atoms. The second kappa shape index (κ2) is 4.06. The van der Waals surface area contributed by atoms with Crippen molar-refractivity contribution in [3.05, 3.63) is 33.3 Å². The molecule has 2 rings (SSSR count). The molecule has 0 aromatic heterocycles. The quantitative estimate of drug-likeness (QED) is 0.543. The van der Waals surface area contributed by atoms with Gasteiger partial charge in [-0.3, -0.25) is 9.59 Å². The third kappa shape index (κ3) is 1.72. The number of ketones is 1. The average molecular weight is 238 g/mol. The van der Waals surface area contributed by atoms with Crippen LogP contribution in [0.25, 0.3) is 5.76 Å². The Labute approximate surface area is 96.2 Å². The van der Waals surface area contributed by atoms with Crippen LogP contribution in [0.15, 0.2) is 17.1 Å². The Bertz CT molecular complexity index is 592. The van der Waals surface area contributed by atoms with Gasteiger partial charge in [0.05, 0.1) is 5.36 Å². The first-order chi connectivity index (χ1) is 7.63. The molecule has 16 heavy (non-hydrogen) atoms. The van der Waals surface area contributed by atoms with Crippen LogP contribution < -0.4 is 10.6 Å². The zero-order chi connectivity index (χ0) is 11.7. The van der Waals surface area contributed by atoms with Crippen molar-refractivity contribution in [2.75, 3.05) is 6.73 Å². The first-order valence-corrected chi connectivity index (χ1v) is 4.98. The maximum absolute atomic E-state index is 11.3. The summed E-state index contributed by atoms with van der Waals surface area (Å²) < 4.78 is 5.08. The number of benzene rings is 1. The number of aldehydes is 1. The lowest BCUT2D eigenvalue weighted by molar-refractivity contribution is -0.127. The van der Waals surface area contributed by atoms with Crippen LogP contribution in [0.1, 0.15) is 5.56 Å². The molecule has 0 N–H and O–H groups in total. The number of fused-ring (bicyclic) bond motifs is 1. The molecule has 1 heterocycles. The van der Waals surface area contributed by atoms with Crippen molar-refractivity contribution < 1.29 is 14.3 Å². The first kappa shape index (κ1) is 10.8. The molecule has 0 bridgehead atoms. The lowest BCUT2D eigenvalue weighted by Crippen LogP contribution is -2.36. The Morgan fingerprint density at radius 2 is 2.31 bits per heavy atom. The van der Waals surface area contributed by atoms with Gasteiger partial charge >= 0.3 is 0 Å². The molecule has 4 nitrogen and oxygen atoms in total. The fraction of sp³-hybridized carbons (Fsp3) is 0.182. The van der Waals surface area contributed by atoms with E-state index in [0.717, 1.165) is 5.56 Å². The highest BCUT2D eigenvalue weighted by molar-refractivity contribution is 6.42. The number of rotatable bonds is 2. The molecular formula is C11H8ClNO3. The summed E-state index contributed by atoms with van der Waals surface area (Å²) in [7, 11) is 0. The summed E-state index contributed by atoms with van der Waals surface area (Å²) in [6, 6.07) is 3.32. The highest BCUT2D eigenvalue weighted by Crippen LogP contribution is 2.07. The maximum atomic E-state index is 11.3. The summed E-state index contributed by atoms with van der Waals surface area (Å²) in [6.07, 6.45) is 0.223. The van der Waals surface area contributed by atoms with Crippen LogP contribution in [0.5, 0.6) is 0 Å². The van der Waals surface area contributed by atoms with E-state index in [9.17, 15) is 9.59 Å². The fourth-order valence-corrected chi connectivity index (χ4v) is 1.89. The maximum Gasteiger partial charge on any atom is 0.260 e. The van der Waals surface area contributed by atoms with Crippen molar-refractivity contribution in [2.24, 2.45) is 4.99 Å². The van der Waals surface area contributed by atoms with Gasteiger partial charge in [-0.2, -0.15) is 0 Å². The lowest BCUT2D eigenvalue weighted by atomic mass is 10.1. The van der Waals surface area contributed by atoms with Gasteiger partial charge in [0.15, 0.2) is 18.8 Å². The number of ether oxygens (including phenoxy) is 1. The SMILES string of the molecule is Cc1cc(Cl)cc2c1=NCOC=2C(=O)C=O. The Balaban J connectivity index is 2.88. The van der Waals surface area contributed by atoms with Crippen LogP contribution in [-0.4, -0.2) is 18.8 Å². The number of carbonyl (C=O) groups excluding carboxylic acids is 2. The van der Waals surface area contributed by atoms with Gasteiger partial charge in [-0.25, -0.2) is 4.99 Å². The molecule has 0 amide bonds. The highest BCUT2D eigenvalue weighted by atomic mass is 35.5. The highest BCUT2D eigenvalue weighted by Gasteiger charge is 2.15. The number of Topliss-reactive ketones (excluding diaryl/α,β-unsaturated/α-hetero) is 1. The van der Waals surface area contributed by atoms with Gasteiger partial charge < -0.3 is 4.74 Å². The topological polar surface area (TPSA) is 55.7 Å². The number of hydrogen-bond acceptors (Lipinski definition) is 4. The molecule has 0 saturated heterocycles.